The van der Waals surface area contributed by atoms with Crippen LogP contribution in [-0.4, -0.2) is 26.1 Å². The molecule has 0 spiro atoms. The number of hydrogen-bond acceptors (Lipinski definition) is 3. The van der Waals surface area contributed by atoms with E-state index in [4.69, 9.17) is 4.74 Å². The van der Waals surface area contributed by atoms with Crippen molar-refractivity contribution in [3.05, 3.63) is 23.8 Å². The molecule has 3 nitrogen and oxygen atoms in total. The third kappa shape index (κ3) is 2.97. The first-order valence-corrected chi connectivity index (χ1v) is 6.41. The molecule has 1 aromatic rings. The summed E-state index contributed by atoms with van der Waals surface area (Å²) >= 11 is 0. The molecule has 1 aliphatic heterocycles. The van der Waals surface area contributed by atoms with Crippen molar-refractivity contribution in [1.82, 2.24) is 0 Å². The summed E-state index contributed by atoms with van der Waals surface area (Å²) in [5.41, 5.74) is 2.29. The van der Waals surface area contributed by atoms with Crippen LogP contribution in [0.25, 0.3) is 0 Å². The Morgan fingerprint density at radius 1 is 1.44 bits per heavy atom. The molecule has 96 valence electrons. The van der Waals surface area contributed by atoms with Crippen molar-refractivity contribution in [3.63, 3.8) is 0 Å². The van der Waals surface area contributed by atoms with Gasteiger partial charge in [0.25, 0.3) is 0 Å². The third-order valence-electron chi connectivity index (χ3n) is 2.99. The highest BCUT2D eigenvalue weighted by Gasteiger charge is 2.18. The molecule has 0 bridgehead atoms. The van der Waals surface area contributed by atoms with E-state index in [9.17, 15) is 0 Å². The van der Waals surface area contributed by atoms with Gasteiger partial charge in [-0.05, 0) is 42.3 Å². The van der Waals surface area contributed by atoms with Gasteiger partial charge in [-0.15, -0.1) is 0 Å². The summed E-state index contributed by atoms with van der Waals surface area (Å²) in [6.07, 6.45) is 4.94. The Kier molecular flexibility index (Phi) is 4.13. The summed E-state index contributed by atoms with van der Waals surface area (Å²) in [7, 11) is 1.69. The lowest BCUT2D eigenvalue weighted by atomic mass is 9.98. The Morgan fingerprint density at radius 3 is 3.00 bits per heavy atom. The van der Waals surface area contributed by atoms with Gasteiger partial charge in [-0.1, -0.05) is 13.8 Å². The van der Waals surface area contributed by atoms with E-state index >= 15 is 0 Å². The molecule has 0 amide bonds. The standard InChI is InChI=1S/C15H20N2O/c1-11(2)9-16-7-6-12-10-17-15-5-4-13(18-3)8-14(12)15/h4-5,7-8,10-12H,6,9H2,1-3H3. The first-order chi connectivity index (χ1) is 8.70. The van der Waals surface area contributed by atoms with Crippen LogP contribution < -0.4 is 4.74 Å². The number of benzene rings is 1. The molecule has 0 aromatic heterocycles. The topological polar surface area (TPSA) is 34.0 Å². The summed E-state index contributed by atoms with van der Waals surface area (Å²) in [6, 6.07) is 6.03. The minimum Gasteiger partial charge on any atom is -0.497 e. The number of fused-ring (bicyclic) bond motifs is 1. The maximum absolute atomic E-state index is 5.26. The number of hydrogen-bond donors (Lipinski definition) is 0. The molecule has 1 aliphatic rings. The van der Waals surface area contributed by atoms with E-state index in [2.05, 4.69) is 29.9 Å². The fraction of sp³-hybridized carbons (Fsp3) is 0.467. The molecule has 0 N–H and O–H groups in total. The van der Waals surface area contributed by atoms with Crippen LogP contribution >= 0.6 is 0 Å². The summed E-state index contributed by atoms with van der Waals surface area (Å²) < 4.78 is 5.26. The van der Waals surface area contributed by atoms with Gasteiger partial charge in [0, 0.05) is 18.7 Å². The summed E-state index contributed by atoms with van der Waals surface area (Å²) in [5, 5.41) is 0. The predicted molar refractivity (Wildman–Crippen MR) is 76.7 cm³/mol. The van der Waals surface area contributed by atoms with Crippen LogP contribution in [0.4, 0.5) is 5.69 Å². The lowest BCUT2D eigenvalue weighted by molar-refractivity contribution is 0.414. The monoisotopic (exact) mass is 244 g/mol. The van der Waals surface area contributed by atoms with Crippen molar-refractivity contribution in [2.24, 2.45) is 15.9 Å². The molecule has 0 saturated heterocycles. The average Bonchev–Trinajstić information content (AvgIpc) is 2.76. The Morgan fingerprint density at radius 2 is 2.28 bits per heavy atom. The van der Waals surface area contributed by atoms with Crippen LogP contribution in [0.15, 0.2) is 28.2 Å². The highest BCUT2D eigenvalue weighted by molar-refractivity contribution is 5.84. The van der Waals surface area contributed by atoms with E-state index in [1.165, 1.54) is 5.56 Å². The molecule has 1 unspecified atom stereocenters. The van der Waals surface area contributed by atoms with E-state index in [1.807, 2.05) is 24.6 Å². The number of aliphatic imine (C=N–C) groups is 2. The number of nitrogens with zero attached hydrogens (tertiary/aromatic N) is 2. The van der Waals surface area contributed by atoms with Gasteiger partial charge in [0.15, 0.2) is 0 Å². The van der Waals surface area contributed by atoms with Gasteiger partial charge in [-0.2, -0.15) is 0 Å². The molecule has 1 heterocycles. The lowest BCUT2D eigenvalue weighted by Crippen LogP contribution is -1.99. The summed E-state index contributed by atoms with van der Waals surface area (Å²) in [5.74, 6) is 1.85. The summed E-state index contributed by atoms with van der Waals surface area (Å²) in [6.45, 7) is 5.25. The minimum atomic E-state index is 0.339. The first kappa shape index (κ1) is 12.8. The molecule has 1 aromatic carbocycles. The second-order valence-corrected chi connectivity index (χ2v) is 4.99. The molecule has 2 rings (SSSR count). The van der Waals surface area contributed by atoms with Crippen LogP contribution in [0, 0.1) is 5.92 Å². The molecule has 18 heavy (non-hydrogen) atoms. The fourth-order valence-electron chi connectivity index (χ4n) is 1.99. The molecule has 0 radical (unpaired) electrons. The normalized spacial score (nSPS) is 17.7. The van der Waals surface area contributed by atoms with Crippen LogP contribution in [-0.2, 0) is 0 Å². The largest absolute Gasteiger partial charge is 0.497 e. The van der Waals surface area contributed by atoms with Crippen molar-refractivity contribution in [2.45, 2.75) is 26.2 Å². The van der Waals surface area contributed by atoms with Crippen LogP contribution in [0.3, 0.4) is 0 Å². The quantitative estimate of drug-likeness (QED) is 0.728. The number of rotatable bonds is 5. The van der Waals surface area contributed by atoms with E-state index in [1.54, 1.807) is 7.11 Å². The Hall–Kier alpha value is -1.64. The molecule has 0 fully saturated rings. The van der Waals surface area contributed by atoms with Crippen LogP contribution in [0.2, 0.25) is 0 Å². The minimum absolute atomic E-state index is 0.339. The van der Waals surface area contributed by atoms with Gasteiger partial charge in [0.1, 0.15) is 5.75 Å². The van der Waals surface area contributed by atoms with Crippen LogP contribution in [0.1, 0.15) is 31.7 Å². The maximum Gasteiger partial charge on any atom is 0.119 e. The summed E-state index contributed by atoms with van der Waals surface area (Å²) in [4.78, 5) is 8.86. The van der Waals surface area contributed by atoms with E-state index in [-0.39, 0.29) is 0 Å². The molecule has 0 saturated carbocycles. The second-order valence-electron chi connectivity index (χ2n) is 4.99. The van der Waals surface area contributed by atoms with Crippen molar-refractivity contribution in [3.8, 4) is 5.75 Å². The lowest BCUT2D eigenvalue weighted by Gasteiger charge is -2.08. The van der Waals surface area contributed by atoms with E-state index < -0.39 is 0 Å². The molecule has 0 aliphatic carbocycles. The van der Waals surface area contributed by atoms with Crippen molar-refractivity contribution >= 4 is 18.1 Å². The highest BCUT2D eigenvalue weighted by Crippen LogP contribution is 2.36. The highest BCUT2D eigenvalue weighted by atomic mass is 16.5. The van der Waals surface area contributed by atoms with Crippen LogP contribution in [0.5, 0.6) is 5.75 Å². The van der Waals surface area contributed by atoms with E-state index in [0.717, 1.165) is 24.4 Å². The second kappa shape index (κ2) is 5.80. The zero-order valence-corrected chi connectivity index (χ0v) is 11.3. The fourth-order valence-corrected chi connectivity index (χ4v) is 1.99. The zero-order valence-electron chi connectivity index (χ0n) is 11.3. The molecule has 3 heteroatoms. The number of methoxy groups -OCH3 is 1. The van der Waals surface area contributed by atoms with Crippen molar-refractivity contribution in [2.75, 3.05) is 13.7 Å². The Balaban J connectivity index is 2.02. The van der Waals surface area contributed by atoms with E-state index in [0.29, 0.717) is 11.8 Å². The number of ether oxygens (including phenoxy) is 1. The van der Waals surface area contributed by atoms with Crippen molar-refractivity contribution < 1.29 is 4.74 Å². The van der Waals surface area contributed by atoms with Gasteiger partial charge in [-0.25, -0.2) is 0 Å². The molecule has 1 atom stereocenters. The van der Waals surface area contributed by atoms with Gasteiger partial charge in [0.05, 0.1) is 12.8 Å². The third-order valence-corrected chi connectivity index (χ3v) is 2.99. The average molecular weight is 244 g/mol. The van der Waals surface area contributed by atoms with Gasteiger partial charge >= 0.3 is 0 Å². The zero-order chi connectivity index (χ0) is 13.0. The smallest absolute Gasteiger partial charge is 0.119 e. The molecular formula is C15H20N2O. The first-order valence-electron chi connectivity index (χ1n) is 6.41. The maximum atomic E-state index is 5.26. The predicted octanol–water partition coefficient (Wildman–Crippen LogP) is 3.61. The molecular weight excluding hydrogens is 224 g/mol. The SMILES string of the molecule is COc1ccc2c(c1)C(CC=NCC(C)C)C=N2. The van der Waals surface area contributed by atoms with Gasteiger partial charge < -0.3 is 4.74 Å². The van der Waals surface area contributed by atoms with Gasteiger partial charge in [0.2, 0.25) is 0 Å². The van der Waals surface area contributed by atoms with Crippen molar-refractivity contribution in [1.29, 1.82) is 0 Å². The Labute approximate surface area is 109 Å². The Bertz CT molecular complexity index is 464. The van der Waals surface area contributed by atoms with Gasteiger partial charge in [-0.3, -0.25) is 9.98 Å².